The molecular weight excluding hydrogens is 130 g/mol. The summed E-state index contributed by atoms with van der Waals surface area (Å²) < 4.78 is 0. The van der Waals surface area contributed by atoms with Crippen molar-refractivity contribution in [3.8, 4) is 0 Å². The van der Waals surface area contributed by atoms with Gasteiger partial charge in [-0.05, 0) is 13.8 Å². The molecule has 0 aromatic heterocycles. The Morgan fingerprint density at radius 1 is 1.60 bits per heavy atom. The molecule has 0 atom stereocenters. The van der Waals surface area contributed by atoms with Crippen LogP contribution >= 0.6 is 0 Å². The second-order valence-corrected chi connectivity index (χ2v) is 2.08. The number of aliphatic imine (C=N–C) groups is 1. The Hall–Kier alpha value is -0.900. The number of rotatable bonds is 2. The summed E-state index contributed by atoms with van der Waals surface area (Å²) in [7, 11) is 0. The van der Waals surface area contributed by atoms with Gasteiger partial charge in [-0.1, -0.05) is 0 Å². The first-order valence-corrected chi connectivity index (χ1v) is 3.16. The van der Waals surface area contributed by atoms with Gasteiger partial charge in [-0.25, -0.2) is 9.79 Å². The molecule has 0 aromatic carbocycles. The third-order valence-corrected chi connectivity index (χ3v) is 0.746. The lowest BCUT2D eigenvalue weighted by Crippen LogP contribution is -2.26. The van der Waals surface area contributed by atoms with E-state index in [1.54, 1.807) is 13.8 Å². The minimum atomic E-state index is -0.314. The lowest BCUT2D eigenvalue weighted by atomic mass is 10.5. The van der Waals surface area contributed by atoms with E-state index in [1.165, 1.54) is 0 Å². The number of hydrogen-bond acceptors (Lipinski definition) is 2. The molecule has 10 heavy (non-hydrogen) atoms. The smallest absolute Gasteiger partial charge is 0.335 e. The van der Waals surface area contributed by atoms with Crippen LogP contribution in [0.3, 0.4) is 0 Å². The molecule has 4 nitrogen and oxygen atoms in total. The van der Waals surface area contributed by atoms with Crippen LogP contribution in [0, 0.1) is 0 Å². The van der Waals surface area contributed by atoms with E-state index in [1.807, 2.05) is 0 Å². The summed E-state index contributed by atoms with van der Waals surface area (Å²) in [6.07, 6.45) is 0. The predicted octanol–water partition coefficient (Wildman–Crippen LogP) is 0.136. The van der Waals surface area contributed by atoms with E-state index < -0.39 is 0 Å². The maximum atomic E-state index is 10.7. The number of amides is 2. The van der Waals surface area contributed by atoms with Crippen molar-refractivity contribution >= 4 is 11.7 Å². The predicted molar refractivity (Wildman–Crippen MR) is 41.2 cm³/mol. The number of nitrogens with two attached hydrogens (primary N) is 1. The lowest BCUT2D eigenvalue weighted by Gasteiger charge is -1.96. The molecular formula is C6H13N3O. The van der Waals surface area contributed by atoms with Gasteiger partial charge in [-0.3, -0.25) is 0 Å². The minimum Gasteiger partial charge on any atom is -0.335 e. The zero-order valence-corrected chi connectivity index (χ0v) is 6.35. The third-order valence-electron chi connectivity index (χ3n) is 0.746. The molecule has 0 unspecified atom stereocenters. The Morgan fingerprint density at radius 2 is 2.20 bits per heavy atom. The van der Waals surface area contributed by atoms with E-state index in [9.17, 15) is 4.79 Å². The van der Waals surface area contributed by atoms with Gasteiger partial charge in [-0.15, -0.1) is 0 Å². The van der Waals surface area contributed by atoms with Crippen molar-refractivity contribution in [1.29, 1.82) is 0 Å². The fourth-order valence-electron chi connectivity index (χ4n) is 0.422. The van der Waals surface area contributed by atoms with Crippen molar-refractivity contribution in [1.82, 2.24) is 5.32 Å². The average Bonchev–Trinajstić information content (AvgIpc) is 1.82. The molecule has 3 N–H and O–H groups in total. The second-order valence-electron chi connectivity index (χ2n) is 2.08. The molecule has 0 saturated carbocycles. The number of hydrogen-bond donors (Lipinski definition) is 2. The van der Waals surface area contributed by atoms with Crippen LogP contribution in [0.4, 0.5) is 4.79 Å². The molecule has 2 amide bonds. The number of nitrogens with one attached hydrogen (secondary N) is 1. The molecule has 0 radical (unpaired) electrons. The molecule has 0 saturated heterocycles. The van der Waals surface area contributed by atoms with Crippen LogP contribution in [0.15, 0.2) is 4.99 Å². The molecule has 0 fully saturated rings. The average molecular weight is 143 g/mol. The summed E-state index contributed by atoms with van der Waals surface area (Å²) in [6.45, 7) is 4.46. The van der Waals surface area contributed by atoms with Crippen LogP contribution in [0.1, 0.15) is 13.8 Å². The molecule has 0 spiro atoms. The summed E-state index contributed by atoms with van der Waals surface area (Å²) in [5, 5.41) is 2.51. The largest absolute Gasteiger partial charge is 0.340 e. The molecule has 0 bridgehead atoms. The van der Waals surface area contributed by atoms with Crippen LogP contribution in [0.2, 0.25) is 0 Å². The van der Waals surface area contributed by atoms with Crippen molar-refractivity contribution in [2.45, 2.75) is 13.8 Å². The fourth-order valence-corrected chi connectivity index (χ4v) is 0.422. The summed E-state index contributed by atoms with van der Waals surface area (Å²) in [5.74, 6) is 0. The van der Waals surface area contributed by atoms with Gasteiger partial charge in [0, 0.05) is 18.8 Å². The van der Waals surface area contributed by atoms with Crippen molar-refractivity contribution in [3.05, 3.63) is 0 Å². The number of carbonyl (C=O) groups excluding carboxylic acids is 1. The van der Waals surface area contributed by atoms with Gasteiger partial charge in [0.15, 0.2) is 0 Å². The van der Waals surface area contributed by atoms with Gasteiger partial charge in [-0.2, -0.15) is 0 Å². The summed E-state index contributed by atoms with van der Waals surface area (Å²) in [5.41, 5.74) is 5.89. The van der Waals surface area contributed by atoms with E-state index in [0.717, 1.165) is 5.71 Å². The molecule has 58 valence electrons. The van der Waals surface area contributed by atoms with Crippen LogP contribution in [-0.4, -0.2) is 24.8 Å². The maximum absolute atomic E-state index is 10.7. The Balaban J connectivity index is 3.54. The molecule has 0 rings (SSSR count). The van der Waals surface area contributed by atoms with Gasteiger partial charge in [0.05, 0.1) is 0 Å². The van der Waals surface area contributed by atoms with E-state index in [-0.39, 0.29) is 6.03 Å². The molecule has 4 heteroatoms. The van der Waals surface area contributed by atoms with E-state index in [4.69, 9.17) is 5.73 Å². The molecule has 0 heterocycles. The molecule has 0 aliphatic rings. The Labute approximate surface area is 60.5 Å². The van der Waals surface area contributed by atoms with Crippen molar-refractivity contribution < 1.29 is 4.79 Å². The van der Waals surface area contributed by atoms with Crippen LogP contribution in [-0.2, 0) is 0 Å². The Bertz CT molecular complexity index is 138. The van der Waals surface area contributed by atoms with Crippen LogP contribution in [0.25, 0.3) is 0 Å². The fraction of sp³-hybridized carbons (Fsp3) is 0.667. The SMILES string of the molecule is CC(C)=NC(=O)NCCN. The quantitative estimate of drug-likeness (QED) is 0.540. The summed E-state index contributed by atoms with van der Waals surface area (Å²) in [6, 6.07) is -0.314. The zero-order chi connectivity index (χ0) is 7.98. The molecule has 0 aromatic rings. The van der Waals surface area contributed by atoms with E-state index in [0.29, 0.717) is 13.1 Å². The van der Waals surface area contributed by atoms with Gasteiger partial charge in [0.2, 0.25) is 0 Å². The third kappa shape index (κ3) is 5.24. The van der Waals surface area contributed by atoms with Crippen LogP contribution < -0.4 is 11.1 Å². The monoisotopic (exact) mass is 143 g/mol. The minimum absolute atomic E-state index is 0.314. The van der Waals surface area contributed by atoms with Crippen molar-refractivity contribution in [2.75, 3.05) is 13.1 Å². The summed E-state index contributed by atoms with van der Waals surface area (Å²) in [4.78, 5) is 14.3. The Morgan fingerprint density at radius 3 is 2.60 bits per heavy atom. The highest BCUT2D eigenvalue weighted by Gasteiger charge is 1.92. The summed E-state index contributed by atoms with van der Waals surface area (Å²) >= 11 is 0. The molecule has 0 aliphatic heterocycles. The molecule has 0 aliphatic carbocycles. The lowest BCUT2D eigenvalue weighted by molar-refractivity contribution is 0.249. The first kappa shape index (κ1) is 9.10. The number of nitrogens with zero attached hydrogens (tertiary/aromatic N) is 1. The number of carbonyl (C=O) groups is 1. The van der Waals surface area contributed by atoms with E-state index in [2.05, 4.69) is 10.3 Å². The van der Waals surface area contributed by atoms with Gasteiger partial charge >= 0.3 is 6.03 Å². The highest BCUT2D eigenvalue weighted by molar-refractivity contribution is 5.92. The van der Waals surface area contributed by atoms with Gasteiger partial charge in [0.1, 0.15) is 0 Å². The first-order chi connectivity index (χ1) is 4.66. The zero-order valence-electron chi connectivity index (χ0n) is 6.35. The first-order valence-electron chi connectivity index (χ1n) is 3.16. The van der Waals surface area contributed by atoms with Crippen molar-refractivity contribution in [3.63, 3.8) is 0 Å². The standard InChI is InChI=1S/C6H13N3O/c1-5(2)9-6(10)8-4-3-7/h3-4,7H2,1-2H3,(H,8,10). The van der Waals surface area contributed by atoms with Gasteiger partial charge < -0.3 is 11.1 Å². The normalized spacial score (nSPS) is 8.70. The van der Waals surface area contributed by atoms with Crippen molar-refractivity contribution in [2.24, 2.45) is 10.7 Å². The maximum Gasteiger partial charge on any atom is 0.340 e. The second kappa shape index (κ2) is 4.93. The van der Waals surface area contributed by atoms with Crippen LogP contribution in [0.5, 0.6) is 0 Å². The number of urea groups is 1. The van der Waals surface area contributed by atoms with Gasteiger partial charge in [0.25, 0.3) is 0 Å². The highest BCUT2D eigenvalue weighted by atomic mass is 16.2. The van der Waals surface area contributed by atoms with E-state index >= 15 is 0 Å². The topological polar surface area (TPSA) is 67.5 Å². The highest BCUT2D eigenvalue weighted by Crippen LogP contribution is 1.76. The Kier molecular flexibility index (Phi) is 4.49.